The summed E-state index contributed by atoms with van der Waals surface area (Å²) in [6.45, 7) is 1.35. The molecule has 1 amide bonds. The molecule has 0 atom stereocenters. The molecule has 0 aliphatic rings. The van der Waals surface area contributed by atoms with Gasteiger partial charge >= 0.3 is 0 Å². The average Bonchev–Trinajstić information content (AvgIpc) is 3.24. The fourth-order valence-electron chi connectivity index (χ4n) is 4.68. The molecule has 0 radical (unpaired) electrons. The Bertz CT molecular complexity index is 1540. The van der Waals surface area contributed by atoms with Crippen molar-refractivity contribution in [2.24, 2.45) is 5.73 Å². The number of fused-ring (bicyclic) bond motifs is 4. The number of hydrogen-bond acceptors (Lipinski definition) is 6. The van der Waals surface area contributed by atoms with Crippen molar-refractivity contribution in [2.45, 2.75) is 32.2 Å². The Kier molecular flexibility index (Phi) is 6.29. The van der Waals surface area contributed by atoms with Crippen LogP contribution < -0.4 is 11.5 Å². The predicted molar refractivity (Wildman–Crippen MR) is 138 cm³/mol. The molecular formula is C27H28N6O2. The molecule has 8 nitrogen and oxygen atoms in total. The molecule has 3 heterocycles. The Hall–Kier alpha value is -4.04. The fraction of sp³-hybridized carbons (Fsp3) is 0.259. The number of imidazole rings is 1. The first-order valence-corrected chi connectivity index (χ1v) is 11.8. The number of nitrogen functional groups attached to an aromatic ring is 1. The van der Waals surface area contributed by atoms with E-state index in [9.17, 15) is 4.79 Å². The van der Waals surface area contributed by atoms with Crippen molar-refractivity contribution in [1.29, 1.82) is 0 Å². The van der Waals surface area contributed by atoms with E-state index in [2.05, 4.69) is 20.6 Å². The van der Waals surface area contributed by atoms with E-state index in [-0.39, 0.29) is 0 Å². The lowest BCUT2D eigenvalue weighted by atomic mass is 10.1. The van der Waals surface area contributed by atoms with Crippen LogP contribution in [0.4, 0.5) is 5.82 Å². The third-order valence-electron chi connectivity index (χ3n) is 6.31. The van der Waals surface area contributed by atoms with Crippen LogP contribution in [-0.4, -0.2) is 39.1 Å². The first-order valence-electron chi connectivity index (χ1n) is 11.8. The summed E-state index contributed by atoms with van der Waals surface area (Å²) in [6, 6.07) is 17.7. The molecule has 4 N–H and O–H groups in total. The number of hydrogen-bond donors (Lipinski definition) is 2. The summed E-state index contributed by atoms with van der Waals surface area (Å²) in [5.74, 6) is 0.871. The summed E-state index contributed by atoms with van der Waals surface area (Å²) in [4.78, 5) is 25.9. The van der Waals surface area contributed by atoms with Crippen LogP contribution in [0, 0.1) is 0 Å². The van der Waals surface area contributed by atoms with E-state index in [0.717, 1.165) is 70.0 Å². The summed E-state index contributed by atoms with van der Waals surface area (Å²) in [6.07, 6.45) is 3.23. The Morgan fingerprint density at radius 3 is 2.54 bits per heavy atom. The van der Waals surface area contributed by atoms with E-state index in [1.54, 1.807) is 7.11 Å². The van der Waals surface area contributed by atoms with Crippen LogP contribution in [0.1, 0.15) is 34.8 Å². The van der Waals surface area contributed by atoms with Gasteiger partial charge in [0.25, 0.3) is 5.91 Å². The topological polar surface area (TPSA) is 122 Å². The summed E-state index contributed by atoms with van der Waals surface area (Å²) in [5, 5.41) is 2.80. The van der Waals surface area contributed by atoms with Gasteiger partial charge in [-0.2, -0.15) is 0 Å². The molecule has 5 aromatic rings. The van der Waals surface area contributed by atoms with Gasteiger partial charge in [0.15, 0.2) is 5.82 Å². The lowest BCUT2D eigenvalue weighted by molar-refractivity contribution is 0.0997. The summed E-state index contributed by atoms with van der Waals surface area (Å²) in [5.41, 5.74) is 15.7. The van der Waals surface area contributed by atoms with Crippen molar-refractivity contribution in [3.8, 4) is 0 Å². The van der Waals surface area contributed by atoms with Gasteiger partial charge in [-0.15, -0.1) is 0 Å². The zero-order valence-electron chi connectivity index (χ0n) is 19.7. The number of carbonyl (C=O) groups excluding carboxylic acids is 1. The lowest BCUT2D eigenvalue weighted by Crippen LogP contribution is -2.15. The molecule has 8 heteroatoms. The van der Waals surface area contributed by atoms with Gasteiger partial charge in [0.05, 0.1) is 17.6 Å². The van der Waals surface area contributed by atoms with Gasteiger partial charge in [-0.3, -0.25) is 4.79 Å². The summed E-state index contributed by atoms with van der Waals surface area (Å²) >= 11 is 0. The number of methoxy groups -OCH3 is 1. The lowest BCUT2D eigenvalue weighted by Gasteiger charge is -2.11. The summed E-state index contributed by atoms with van der Waals surface area (Å²) in [7, 11) is 1.69. The number of aromatic nitrogens is 4. The van der Waals surface area contributed by atoms with Gasteiger partial charge in [-0.25, -0.2) is 15.0 Å². The highest BCUT2D eigenvalue weighted by atomic mass is 16.5. The molecule has 2 aromatic carbocycles. The molecule has 0 bridgehead atoms. The Labute approximate surface area is 202 Å². The van der Waals surface area contributed by atoms with E-state index >= 15 is 0 Å². The molecule has 0 spiro atoms. The maximum absolute atomic E-state index is 12.0. The molecule has 35 heavy (non-hydrogen) atoms. The number of carbonyl (C=O) groups is 1. The normalized spacial score (nSPS) is 11.6. The van der Waals surface area contributed by atoms with Crippen LogP contribution >= 0.6 is 0 Å². The van der Waals surface area contributed by atoms with Crippen LogP contribution in [0.3, 0.4) is 0 Å². The molecule has 5 rings (SSSR count). The van der Waals surface area contributed by atoms with Gasteiger partial charge < -0.3 is 20.8 Å². The van der Waals surface area contributed by atoms with Crippen LogP contribution in [0.15, 0.2) is 54.6 Å². The molecular weight excluding hydrogens is 440 g/mol. The minimum absolute atomic E-state index is 0.329. The second-order valence-electron chi connectivity index (χ2n) is 8.64. The number of unbranched alkanes of at least 4 members (excludes halogenated alkanes) is 1. The number of benzene rings is 2. The smallest absolute Gasteiger partial charge is 0.267 e. The third-order valence-corrected chi connectivity index (χ3v) is 6.31. The molecule has 0 fully saturated rings. The van der Waals surface area contributed by atoms with Crippen LogP contribution in [0.25, 0.3) is 32.7 Å². The largest absolute Gasteiger partial charge is 0.384 e. The standard InChI is InChI=1S/C27H28N6O2/c1-35-15-13-22-32-24-25(20-11-4-5-12-21(20)31-26(24)28)33(22)14-7-6-9-18-16-17-8-2-3-10-19(17)23(30-18)27(29)34/h2-5,8,10-12,16H,6-7,9,13-15H2,1H3,(H2,28,31)(H2,29,34). The quantitative estimate of drug-likeness (QED) is 0.315. The van der Waals surface area contributed by atoms with Crippen molar-refractivity contribution in [2.75, 3.05) is 19.5 Å². The first-order chi connectivity index (χ1) is 17.1. The van der Waals surface area contributed by atoms with Gasteiger partial charge in [0, 0.05) is 36.5 Å². The highest BCUT2D eigenvalue weighted by Crippen LogP contribution is 2.29. The molecule has 3 aromatic heterocycles. The average molecular weight is 469 g/mol. The number of nitrogens with two attached hydrogens (primary N) is 2. The van der Waals surface area contributed by atoms with Crippen LogP contribution in [0.5, 0.6) is 0 Å². The van der Waals surface area contributed by atoms with Gasteiger partial charge in [0.2, 0.25) is 0 Å². The number of pyridine rings is 2. The Morgan fingerprint density at radius 1 is 0.971 bits per heavy atom. The highest BCUT2D eigenvalue weighted by Gasteiger charge is 2.17. The number of anilines is 1. The van der Waals surface area contributed by atoms with Crippen LogP contribution in [-0.2, 0) is 24.1 Å². The summed E-state index contributed by atoms with van der Waals surface area (Å²) < 4.78 is 7.56. The number of aryl methyl sites for hydroxylation is 2. The van der Waals surface area contributed by atoms with Crippen LogP contribution in [0.2, 0.25) is 0 Å². The Morgan fingerprint density at radius 2 is 1.74 bits per heavy atom. The molecule has 0 unspecified atom stereocenters. The predicted octanol–water partition coefficient (Wildman–Crippen LogP) is 4.03. The number of rotatable bonds is 9. The SMILES string of the molecule is COCCc1nc2c(N)nc3ccccc3c2n1CCCCc1cc2ccccc2c(C(N)=O)n1. The van der Waals surface area contributed by atoms with Crippen molar-refractivity contribution < 1.29 is 9.53 Å². The number of amides is 1. The van der Waals surface area contributed by atoms with E-state index < -0.39 is 5.91 Å². The van der Waals surface area contributed by atoms with E-state index in [0.29, 0.717) is 24.5 Å². The number of para-hydroxylation sites is 1. The van der Waals surface area contributed by atoms with E-state index in [1.807, 2.05) is 48.5 Å². The van der Waals surface area contributed by atoms with Gasteiger partial charge in [0.1, 0.15) is 17.0 Å². The minimum atomic E-state index is -0.506. The minimum Gasteiger partial charge on any atom is -0.384 e. The van der Waals surface area contributed by atoms with Crippen molar-refractivity contribution in [1.82, 2.24) is 19.5 Å². The zero-order chi connectivity index (χ0) is 24.4. The van der Waals surface area contributed by atoms with E-state index in [4.69, 9.17) is 21.2 Å². The van der Waals surface area contributed by atoms with Gasteiger partial charge in [-0.05, 0) is 36.8 Å². The molecule has 178 valence electrons. The maximum Gasteiger partial charge on any atom is 0.267 e. The second kappa shape index (κ2) is 9.68. The maximum atomic E-state index is 12.0. The number of ether oxygens (including phenoxy) is 1. The Balaban J connectivity index is 1.42. The third kappa shape index (κ3) is 4.40. The first kappa shape index (κ1) is 22.7. The van der Waals surface area contributed by atoms with Crippen molar-refractivity contribution >= 4 is 44.4 Å². The number of primary amides is 1. The van der Waals surface area contributed by atoms with Gasteiger partial charge in [-0.1, -0.05) is 42.5 Å². The van der Waals surface area contributed by atoms with Crippen molar-refractivity contribution in [3.05, 3.63) is 71.8 Å². The fourth-order valence-corrected chi connectivity index (χ4v) is 4.68. The molecule has 0 aliphatic heterocycles. The zero-order valence-corrected chi connectivity index (χ0v) is 19.7. The van der Waals surface area contributed by atoms with Crippen molar-refractivity contribution in [3.63, 3.8) is 0 Å². The second-order valence-corrected chi connectivity index (χ2v) is 8.64. The van der Waals surface area contributed by atoms with E-state index in [1.165, 1.54) is 0 Å². The highest BCUT2D eigenvalue weighted by molar-refractivity contribution is 6.06. The number of nitrogens with zero attached hydrogens (tertiary/aromatic N) is 4. The molecule has 0 saturated heterocycles. The molecule has 0 aliphatic carbocycles. The molecule has 0 saturated carbocycles. The monoisotopic (exact) mass is 468 g/mol.